The average Bonchev–Trinajstić information content (AvgIpc) is 3.09. The molecule has 6 nitrogen and oxygen atoms in total. The van der Waals surface area contributed by atoms with Crippen LogP contribution in [0.1, 0.15) is 11.3 Å². The predicted molar refractivity (Wildman–Crippen MR) is 101 cm³/mol. The molecular formula is C20H19N5O. The molecule has 0 aliphatic rings. The summed E-state index contributed by atoms with van der Waals surface area (Å²) in [6, 6.07) is 15.6. The summed E-state index contributed by atoms with van der Waals surface area (Å²) in [5.74, 6) is 0. The molecule has 0 atom stereocenters. The summed E-state index contributed by atoms with van der Waals surface area (Å²) in [5, 5.41) is 6.82. The minimum atomic E-state index is -0.181. The molecule has 3 aromatic heterocycles. The van der Waals surface area contributed by atoms with Crippen LogP contribution in [0, 0.1) is 0 Å². The number of fused-ring (bicyclic) bond motifs is 2. The lowest BCUT2D eigenvalue weighted by atomic mass is 10.1. The number of imidazole rings is 1. The molecule has 0 saturated carbocycles. The molecule has 26 heavy (non-hydrogen) atoms. The van der Waals surface area contributed by atoms with Gasteiger partial charge in [0.05, 0.1) is 11.2 Å². The maximum atomic E-state index is 12.0. The van der Waals surface area contributed by atoms with Gasteiger partial charge in [0.15, 0.2) is 0 Å². The van der Waals surface area contributed by atoms with Crippen LogP contribution >= 0.6 is 0 Å². The monoisotopic (exact) mass is 345 g/mol. The number of aromatic nitrogens is 3. The van der Waals surface area contributed by atoms with E-state index in [0.29, 0.717) is 19.5 Å². The minimum absolute atomic E-state index is 0.181. The summed E-state index contributed by atoms with van der Waals surface area (Å²) >= 11 is 0. The van der Waals surface area contributed by atoms with Gasteiger partial charge in [-0.1, -0.05) is 18.2 Å². The fraction of sp³-hybridized carbons (Fsp3) is 0.150. The Hall–Kier alpha value is -3.41. The molecule has 130 valence electrons. The molecule has 0 spiro atoms. The normalized spacial score (nSPS) is 10.9. The molecule has 2 amide bonds. The van der Waals surface area contributed by atoms with Crippen LogP contribution in [-0.2, 0) is 13.0 Å². The number of nitrogens with one attached hydrogen (secondary N) is 2. The molecule has 3 heterocycles. The van der Waals surface area contributed by atoms with Crippen LogP contribution in [0.2, 0.25) is 0 Å². The number of amides is 2. The summed E-state index contributed by atoms with van der Waals surface area (Å²) in [7, 11) is 0. The SMILES string of the molecule is O=C(NCCc1cn2ccccc2n1)NCc1ccc2ncccc2c1. The summed E-state index contributed by atoms with van der Waals surface area (Å²) in [4.78, 5) is 20.8. The Morgan fingerprint density at radius 1 is 1.08 bits per heavy atom. The average molecular weight is 345 g/mol. The maximum absolute atomic E-state index is 12.0. The second kappa shape index (κ2) is 7.23. The molecule has 2 N–H and O–H groups in total. The first-order valence-corrected chi connectivity index (χ1v) is 8.56. The molecular weight excluding hydrogens is 326 g/mol. The van der Waals surface area contributed by atoms with Gasteiger partial charge in [-0.3, -0.25) is 4.98 Å². The molecule has 6 heteroatoms. The molecule has 4 rings (SSSR count). The van der Waals surface area contributed by atoms with Gasteiger partial charge in [-0.15, -0.1) is 0 Å². The second-order valence-electron chi connectivity index (χ2n) is 6.09. The van der Waals surface area contributed by atoms with Crippen molar-refractivity contribution in [2.24, 2.45) is 0 Å². The Labute approximate surface area is 150 Å². The van der Waals surface area contributed by atoms with Gasteiger partial charge < -0.3 is 15.0 Å². The van der Waals surface area contributed by atoms with E-state index in [-0.39, 0.29) is 6.03 Å². The van der Waals surface area contributed by atoms with Crippen LogP contribution in [0.15, 0.2) is 67.1 Å². The molecule has 0 unspecified atom stereocenters. The van der Waals surface area contributed by atoms with E-state index in [1.165, 1.54) is 0 Å². The van der Waals surface area contributed by atoms with E-state index in [2.05, 4.69) is 20.6 Å². The number of carbonyl (C=O) groups excluding carboxylic acids is 1. The first kappa shape index (κ1) is 16.1. The van der Waals surface area contributed by atoms with Gasteiger partial charge in [-0.25, -0.2) is 9.78 Å². The summed E-state index contributed by atoms with van der Waals surface area (Å²) in [5.41, 5.74) is 3.87. The fourth-order valence-corrected chi connectivity index (χ4v) is 2.89. The largest absolute Gasteiger partial charge is 0.338 e. The molecule has 4 aromatic rings. The molecule has 0 aliphatic carbocycles. The van der Waals surface area contributed by atoms with Crippen molar-refractivity contribution in [1.29, 1.82) is 0 Å². The van der Waals surface area contributed by atoms with Gasteiger partial charge in [0.2, 0.25) is 0 Å². The first-order valence-electron chi connectivity index (χ1n) is 8.56. The molecule has 1 aromatic carbocycles. The molecule has 0 aliphatic heterocycles. The van der Waals surface area contributed by atoms with Crippen LogP contribution in [0.5, 0.6) is 0 Å². The van der Waals surface area contributed by atoms with E-state index >= 15 is 0 Å². The van der Waals surface area contributed by atoms with Crippen LogP contribution in [0.25, 0.3) is 16.6 Å². The number of rotatable bonds is 5. The predicted octanol–water partition coefficient (Wildman–Crippen LogP) is 2.92. The van der Waals surface area contributed by atoms with Gasteiger partial charge in [0.25, 0.3) is 0 Å². The van der Waals surface area contributed by atoms with Crippen LogP contribution in [0.3, 0.4) is 0 Å². The molecule has 0 fully saturated rings. The molecule has 0 saturated heterocycles. The van der Waals surface area contributed by atoms with E-state index in [0.717, 1.165) is 27.8 Å². The van der Waals surface area contributed by atoms with Crippen LogP contribution in [-0.4, -0.2) is 26.9 Å². The smallest absolute Gasteiger partial charge is 0.315 e. The van der Waals surface area contributed by atoms with Crippen molar-refractivity contribution in [3.8, 4) is 0 Å². The van der Waals surface area contributed by atoms with Gasteiger partial charge in [-0.05, 0) is 35.9 Å². The van der Waals surface area contributed by atoms with E-state index in [4.69, 9.17) is 0 Å². The van der Waals surface area contributed by atoms with E-state index in [1.54, 1.807) is 6.20 Å². The lowest BCUT2D eigenvalue weighted by molar-refractivity contribution is 0.240. The Morgan fingerprint density at radius 3 is 2.96 bits per heavy atom. The zero-order valence-corrected chi connectivity index (χ0v) is 14.2. The van der Waals surface area contributed by atoms with E-state index < -0.39 is 0 Å². The zero-order valence-electron chi connectivity index (χ0n) is 14.2. The number of pyridine rings is 2. The highest BCUT2D eigenvalue weighted by molar-refractivity contribution is 5.79. The topological polar surface area (TPSA) is 71.3 Å². The number of benzene rings is 1. The van der Waals surface area contributed by atoms with E-state index in [9.17, 15) is 4.79 Å². The van der Waals surface area contributed by atoms with Crippen molar-refractivity contribution in [3.05, 3.63) is 78.4 Å². The first-order chi connectivity index (χ1) is 12.8. The van der Waals surface area contributed by atoms with Gasteiger partial charge in [0, 0.05) is 43.5 Å². The standard InChI is InChI=1S/C20H19N5O/c26-20(22-10-8-17-14-25-11-2-1-5-19(25)24-17)23-13-15-6-7-18-16(12-15)4-3-9-21-18/h1-7,9,11-12,14H,8,10,13H2,(H2,22,23,26). The van der Waals surface area contributed by atoms with E-state index in [1.807, 2.05) is 65.3 Å². The van der Waals surface area contributed by atoms with Gasteiger partial charge in [-0.2, -0.15) is 0 Å². The highest BCUT2D eigenvalue weighted by Gasteiger charge is 2.04. The van der Waals surface area contributed by atoms with Crippen molar-refractivity contribution in [2.75, 3.05) is 6.54 Å². The number of hydrogen-bond acceptors (Lipinski definition) is 3. The van der Waals surface area contributed by atoms with Crippen LogP contribution in [0.4, 0.5) is 4.79 Å². The number of carbonyl (C=O) groups is 1. The second-order valence-corrected chi connectivity index (χ2v) is 6.09. The van der Waals surface area contributed by atoms with Crippen LogP contribution < -0.4 is 10.6 Å². The molecule has 0 bridgehead atoms. The third kappa shape index (κ3) is 3.64. The number of urea groups is 1. The third-order valence-corrected chi connectivity index (χ3v) is 4.20. The fourth-order valence-electron chi connectivity index (χ4n) is 2.89. The van der Waals surface area contributed by atoms with Gasteiger partial charge in [0.1, 0.15) is 5.65 Å². The highest BCUT2D eigenvalue weighted by Crippen LogP contribution is 2.13. The lowest BCUT2D eigenvalue weighted by Crippen LogP contribution is -2.36. The Kier molecular flexibility index (Phi) is 4.47. The van der Waals surface area contributed by atoms with Crippen molar-refractivity contribution < 1.29 is 4.79 Å². The zero-order chi connectivity index (χ0) is 17.8. The van der Waals surface area contributed by atoms with Gasteiger partial charge >= 0.3 is 6.03 Å². The quantitative estimate of drug-likeness (QED) is 0.584. The number of hydrogen-bond donors (Lipinski definition) is 2. The summed E-state index contributed by atoms with van der Waals surface area (Å²) < 4.78 is 1.98. The Balaban J connectivity index is 1.27. The Bertz CT molecular complexity index is 1020. The summed E-state index contributed by atoms with van der Waals surface area (Å²) in [6.45, 7) is 1.02. The third-order valence-electron chi connectivity index (χ3n) is 4.20. The number of nitrogens with zero attached hydrogens (tertiary/aromatic N) is 3. The lowest BCUT2D eigenvalue weighted by Gasteiger charge is -2.08. The summed E-state index contributed by atoms with van der Waals surface area (Å²) in [6.07, 6.45) is 6.41. The van der Waals surface area contributed by atoms with Crippen molar-refractivity contribution >= 4 is 22.6 Å². The Morgan fingerprint density at radius 2 is 2.04 bits per heavy atom. The van der Waals surface area contributed by atoms with Crippen molar-refractivity contribution in [3.63, 3.8) is 0 Å². The minimum Gasteiger partial charge on any atom is -0.338 e. The molecule has 0 radical (unpaired) electrons. The van der Waals surface area contributed by atoms with Crippen molar-refractivity contribution in [2.45, 2.75) is 13.0 Å². The highest BCUT2D eigenvalue weighted by atomic mass is 16.2. The van der Waals surface area contributed by atoms with Crippen molar-refractivity contribution in [1.82, 2.24) is 25.0 Å². The maximum Gasteiger partial charge on any atom is 0.315 e.